The number of carbonyl (C=O) groups is 2. The summed E-state index contributed by atoms with van der Waals surface area (Å²) < 4.78 is 0. The number of hydrogen-bond donors (Lipinski definition) is 1. The second-order valence-corrected chi connectivity index (χ2v) is 5.11. The van der Waals surface area contributed by atoms with Gasteiger partial charge in [-0.05, 0) is 25.7 Å². The Kier molecular flexibility index (Phi) is 12.4. The Morgan fingerprint density at radius 1 is 1.10 bits per heavy atom. The van der Waals surface area contributed by atoms with E-state index in [1.165, 1.54) is 0 Å². The van der Waals surface area contributed by atoms with E-state index >= 15 is 0 Å². The smallest absolute Gasteiger partial charge is 0.318 e. The van der Waals surface area contributed by atoms with Gasteiger partial charge in [-0.1, -0.05) is 39.5 Å². The van der Waals surface area contributed by atoms with Crippen molar-refractivity contribution < 1.29 is 19.4 Å². The molecule has 0 heterocycles. The molecule has 0 aliphatic heterocycles. The van der Waals surface area contributed by atoms with Crippen LogP contribution in [0.3, 0.4) is 0 Å². The van der Waals surface area contributed by atoms with Crippen LogP contribution >= 0.6 is 0 Å². The fraction of sp³-hybridized carbons (Fsp3) is 0.867. The lowest BCUT2D eigenvalue weighted by atomic mass is 10.1. The molecule has 0 aromatic carbocycles. The quantitative estimate of drug-likeness (QED) is 0.244. The zero-order valence-electron chi connectivity index (χ0n) is 12.8. The van der Waals surface area contributed by atoms with E-state index in [0.717, 1.165) is 44.8 Å². The van der Waals surface area contributed by atoms with Crippen LogP contribution in [0, 0.1) is 0 Å². The summed E-state index contributed by atoms with van der Waals surface area (Å²) in [7, 11) is 0. The summed E-state index contributed by atoms with van der Waals surface area (Å²) in [6, 6.07) is -0.715. The van der Waals surface area contributed by atoms with Gasteiger partial charge in [0.05, 0.1) is 0 Å². The average Bonchev–Trinajstić information content (AvgIpc) is 2.44. The highest BCUT2D eigenvalue weighted by Crippen LogP contribution is 2.13. The van der Waals surface area contributed by atoms with Gasteiger partial charge in [0.1, 0.15) is 18.4 Å². The van der Waals surface area contributed by atoms with Crippen LogP contribution in [0.4, 0.5) is 0 Å². The summed E-state index contributed by atoms with van der Waals surface area (Å²) in [6.07, 6.45) is 8.36. The average molecular weight is 287 g/mol. The first-order chi connectivity index (χ1) is 9.65. The summed E-state index contributed by atoms with van der Waals surface area (Å²) in [6.45, 7) is 4.22. The van der Waals surface area contributed by atoms with E-state index in [1.54, 1.807) is 0 Å². The molecule has 0 rings (SSSR count). The first kappa shape index (κ1) is 19.1. The summed E-state index contributed by atoms with van der Waals surface area (Å²) >= 11 is 0. The van der Waals surface area contributed by atoms with Crippen LogP contribution < -0.4 is 5.73 Å². The molecule has 5 nitrogen and oxygen atoms in total. The van der Waals surface area contributed by atoms with Gasteiger partial charge in [0, 0.05) is 6.42 Å². The van der Waals surface area contributed by atoms with Crippen LogP contribution in [-0.4, -0.2) is 24.4 Å². The van der Waals surface area contributed by atoms with Crippen molar-refractivity contribution in [1.29, 1.82) is 0 Å². The monoisotopic (exact) mass is 287 g/mol. The third-order valence-corrected chi connectivity index (χ3v) is 3.15. The predicted molar refractivity (Wildman–Crippen MR) is 77.9 cm³/mol. The lowest BCUT2D eigenvalue weighted by Gasteiger charge is -2.16. The molecule has 0 bridgehead atoms. The normalized spacial score (nSPS) is 13.8. The van der Waals surface area contributed by atoms with Crippen molar-refractivity contribution in [2.24, 2.45) is 5.73 Å². The van der Waals surface area contributed by atoms with Gasteiger partial charge in [-0.3, -0.25) is 4.89 Å². The van der Waals surface area contributed by atoms with Gasteiger partial charge in [-0.2, -0.15) is 4.89 Å². The zero-order valence-corrected chi connectivity index (χ0v) is 12.8. The molecular weight excluding hydrogens is 258 g/mol. The molecular formula is C15H29NO4. The minimum absolute atomic E-state index is 0.0438. The van der Waals surface area contributed by atoms with Crippen LogP contribution in [-0.2, 0) is 19.4 Å². The molecule has 0 fully saturated rings. The van der Waals surface area contributed by atoms with Crippen molar-refractivity contribution in [3.8, 4) is 0 Å². The van der Waals surface area contributed by atoms with Crippen molar-refractivity contribution in [3.05, 3.63) is 0 Å². The number of aldehydes is 1. The largest absolute Gasteiger partial charge is 0.358 e. The van der Waals surface area contributed by atoms with Crippen LogP contribution in [0.15, 0.2) is 0 Å². The SMILES string of the molecule is CCCCCC(CCC)OOC(=O)C(N)CCCC=O. The van der Waals surface area contributed by atoms with E-state index in [4.69, 9.17) is 15.5 Å². The summed E-state index contributed by atoms with van der Waals surface area (Å²) in [5, 5.41) is 0. The van der Waals surface area contributed by atoms with E-state index in [9.17, 15) is 9.59 Å². The van der Waals surface area contributed by atoms with Gasteiger partial charge in [0.25, 0.3) is 0 Å². The van der Waals surface area contributed by atoms with Crippen LogP contribution in [0.5, 0.6) is 0 Å². The highest BCUT2D eigenvalue weighted by Gasteiger charge is 2.18. The molecule has 0 aromatic rings. The Balaban J connectivity index is 3.92. The lowest BCUT2D eigenvalue weighted by Crippen LogP contribution is -2.33. The molecule has 0 aromatic heterocycles. The van der Waals surface area contributed by atoms with Crippen LogP contribution in [0.25, 0.3) is 0 Å². The maximum Gasteiger partial charge on any atom is 0.358 e. The maximum absolute atomic E-state index is 11.6. The van der Waals surface area contributed by atoms with Gasteiger partial charge in [-0.25, -0.2) is 4.79 Å². The Hall–Kier alpha value is -0.940. The van der Waals surface area contributed by atoms with E-state index < -0.39 is 12.0 Å². The van der Waals surface area contributed by atoms with Crippen molar-refractivity contribution >= 4 is 12.3 Å². The number of carbonyl (C=O) groups excluding carboxylic acids is 2. The minimum atomic E-state index is -0.715. The topological polar surface area (TPSA) is 78.6 Å². The lowest BCUT2D eigenvalue weighted by molar-refractivity contribution is -0.301. The van der Waals surface area contributed by atoms with E-state index in [0.29, 0.717) is 19.3 Å². The summed E-state index contributed by atoms with van der Waals surface area (Å²) in [5.74, 6) is -0.549. The van der Waals surface area contributed by atoms with Gasteiger partial charge in [0.15, 0.2) is 0 Å². The van der Waals surface area contributed by atoms with E-state index in [2.05, 4.69) is 13.8 Å². The zero-order chi connectivity index (χ0) is 15.2. The number of rotatable bonds is 13. The van der Waals surface area contributed by atoms with Crippen molar-refractivity contribution in [2.45, 2.75) is 83.8 Å². The Morgan fingerprint density at radius 2 is 1.85 bits per heavy atom. The molecule has 2 atom stereocenters. The molecule has 0 spiro atoms. The predicted octanol–water partition coefficient (Wildman–Crippen LogP) is 2.91. The third-order valence-electron chi connectivity index (χ3n) is 3.15. The Morgan fingerprint density at radius 3 is 2.45 bits per heavy atom. The van der Waals surface area contributed by atoms with Crippen molar-refractivity contribution in [1.82, 2.24) is 0 Å². The molecule has 2 N–H and O–H groups in total. The first-order valence-electron chi connectivity index (χ1n) is 7.72. The molecule has 2 unspecified atom stereocenters. The second-order valence-electron chi connectivity index (χ2n) is 5.11. The van der Waals surface area contributed by atoms with Crippen LogP contribution in [0.1, 0.15) is 71.6 Å². The van der Waals surface area contributed by atoms with Gasteiger partial charge in [0.2, 0.25) is 0 Å². The molecule has 0 amide bonds. The maximum atomic E-state index is 11.6. The number of unbranched alkanes of at least 4 members (excludes halogenated alkanes) is 3. The molecule has 118 valence electrons. The van der Waals surface area contributed by atoms with Gasteiger partial charge < -0.3 is 10.5 Å². The fourth-order valence-electron chi connectivity index (χ4n) is 1.90. The summed E-state index contributed by atoms with van der Waals surface area (Å²) in [4.78, 5) is 31.8. The highest BCUT2D eigenvalue weighted by atomic mass is 17.2. The van der Waals surface area contributed by atoms with E-state index in [-0.39, 0.29) is 6.10 Å². The van der Waals surface area contributed by atoms with Gasteiger partial charge >= 0.3 is 5.97 Å². The van der Waals surface area contributed by atoms with Crippen molar-refractivity contribution in [3.63, 3.8) is 0 Å². The first-order valence-corrected chi connectivity index (χ1v) is 7.72. The molecule has 0 aliphatic carbocycles. The Labute approximate surface area is 122 Å². The molecule has 0 radical (unpaired) electrons. The Bertz CT molecular complexity index is 258. The molecule has 0 aliphatic rings. The standard InChI is InChI=1S/C15H29NO4/c1-3-5-6-10-13(9-4-2)19-20-15(18)14(16)11-7-8-12-17/h12-14H,3-11,16H2,1-2H3. The molecule has 20 heavy (non-hydrogen) atoms. The fourth-order valence-corrected chi connectivity index (χ4v) is 1.90. The van der Waals surface area contributed by atoms with Gasteiger partial charge in [-0.15, -0.1) is 0 Å². The second kappa shape index (κ2) is 13.1. The van der Waals surface area contributed by atoms with E-state index in [1.807, 2.05) is 0 Å². The third kappa shape index (κ3) is 9.92. The molecule has 5 heteroatoms. The molecule has 0 saturated carbocycles. The summed E-state index contributed by atoms with van der Waals surface area (Å²) in [5.41, 5.74) is 5.67. The number of hydrogen-bond acceptors (Lipinski definition) is 5. The van der Waals surface area contributed by atoms with Crippen LogP contribution in [0.2, 0.25) is 0 Å². The number of nitrogens with two attached hydrogens (primary N) is 1. The minimum Gasteiger partial charge on any atom is -0.318 e. The van der Waals surface area contributed by atoms with Crippen molar-refractivity contribution in [2.75, 3.05) is 0 Å². The molecule has 0 saturated heterocycles. The highest BCUT2D eigenvalue weighted by molar-refractivity contribution is 5.74.